The van der Waals surface area contributed by atoms with Gasteiger partial charge < -0.3 is 15.0 Å². The average Bonchev–Trinajstić information content (AvgIpc) is 3.27. The number of hydrogen-bond acceptors (Lipinski definition) is 3. The van der Waals surface area contributed by atoms with E-state index in [4.69, 9.17) is 5.11 Å². The minimum atomic E-state index is -1.000. The molecule has 1 atom stereocenters. The number of aromatic amines is 1. The zero-order valence-corrected chi connectivity index (χ0v) is 13.5. The second-order valence-corrected chi connectivity index (χ2v) is 6.18. The first-order valence-corrected chi connectivity index (χ1v) is 8.22. The van der Waals surface area contributed by atoms with Gasteiger partial charge in [0, 0.05) is 12.1 Å². The number of H-pyrrole nitrogens is 1. The van der Waals surface area contributed by atoms with Crippen LogP contribution >= 0.6 is 0 Å². The third-order valence-electron chi connectivity index (χ3n) is 4.62. The van der Waals surface area contributed by atoms with Crippen LogP contribution in [0, 0.1) is 0 Å². The van der Waals surface area contributed by atoms with Crippen molar-refractivity contribution in [1.29, 1.82) is 0 Å². The Hall–Kier alpha value is -3.15. The standard InChI is InChI=1S/C19H17N3O3/c23-18(12-7-9-13(10-8-12)19(24)25)22-11-3-6-16(22)17-20-14-4-1-2-5-15(14)21-17/h1-2,4-5,7-10,16H,3,6,11H2,(H,20,21)(H,24,25)/t16-/m1/s1. The van der Waals surface area contributed by atoms with E-state index < -0.39 is 5.97 Å². The average molecular weight is 335 g/mol. The summed E-state index contributed by atoms with van der Waals surface area (Å²) in [4.78, 5) is 33.6. The van der Waals surface area contributed by atoms with Gasteiger partial charge in [-0.3, -0.25) is 4.79 Å². The van der Waals surface area contributed by atoms with Gasteiger partial charge in [0.1, 0.15) is 5.82 Å². The van der Waals surface area contributed by atoms with Crippen molar-refractivity contribution in [3.63, 3.8) is 0 Å². The van der Waals surface area contributed by atoms with Crippen LogP contribution in [-0.4, -0.2) is 38.4 Å². The molecule has 1 aliphatic heterocycles. The number of nitrogens with zero attached hydrogens (tertiary/aromatic N) is 2. The number of rotatable bonds is 3. The van der Waals surface area contributed by atoms with E-state index in [1.165, 1.54) is 12.1 Å². The predicted molar refractivity (Wildman–Crippen MR) is 92.5 cm³/mol. The van der Waals surface area contributed by atoms with Crippen LogP contribution in [0.25, 0.3) is 11.0 Å². The topological polar surface area (TPSA) is 86.3 Å². The fourth-order valence-electron chi connectivity index (χ4n) is 3.35. The van der Waals surface area contributed by atoms with E-state index in [-0.39, 0.29) is 17.5 Å². The SMILES string of the molecule is O=C(O)c1ccc(C(=O)N2CCC[C@@H]2c2nc3ccccc3[nH]2)cc1. The van der Waals surface area contributed by atoms with Crippen LogP contribution in [0.3, 0.4) is 0 Å². The largest absolute Gasteiger partial charge is 0.478 e. The summed E-state index contributed by atoms with van der Waals surface area (Å²) >= 11 is 0. The number of para-hydroxylation sites is 2. The molecule has 0 aliphatic carbocycles. The molecular formula is C19H17N3O3. The lowest BCUT2D eigenvalue weighted by molar-refractivity contribution is 0.0692. The van der Waals surface area contributed by atoms with Crippen LogP contribution in [-0.2, 0) is 0 Å². The number of amides is 1. The lowest BCUT2D eigenvalue weighted by atomic mass is 10.1. The number of nitrogens with one attached hydrogen (secondary N) is 1. The van der Waals surface area contributed by atoms with Crippen molar-refractivity contribution in [3.05, 3.63) is 65.5 Å². The van der Waals surface area contributed by atoms with Crippen molar-refractivity contribution >= 4 is 22.9 Å². The van der Waals surface area contributed by atoms with E-state index >= 15 is 0 Å². The minimum Gasteiger partial charge on any atom is -0.478 e. The predicted octanol–water partition coefficient (Wildman–Crippen LogP) is 3.24. The number of benzene rings is 2. The molecule has 1 aromatic heterocycles. The van der Waals surface area contributed by atoms with Crippen LogP contribution in [0.4, 0.5) is 0 Å². The molecule has 1 saturated heterocycles. The number of carboxylic acids is 1. The molecular weight excluding hydrogens is 318 g/mol. The lowest BCUT2D eigenvalue weighted by Crippen LogP contribution is -2.31. The summed E-state index contributed by atoms with van der Waals surface area (Å²) in [5.41, 5.74) is 2.52. The van der Waals surface area contributed by atoms with Gasteiger partial charge in [-0.15, -0.1) is 0 Å². The molecule has 0 radical (unpaired) electrons. The van der Waals surface area contributed by atoms with Crippen molar-refractivity contribution in [3.8, 4) is 0 Å². The van der Waals surface area contributed by atoms with Gasteiger partial charge >= 0.3 is 5.97 Å². The minimum absolute atomic E-state index is 0.0842. The molecule has 6 heteroatoms. The van der Waals surface area contributed by atoms with E-state index in [0.717, 1.165) is 29.7 Å². The molecule has 2 heterocycles. The molecule has 0 unspecified atom stereocenters. The molecule has 0 saturated carbocycles. The smallest absolute Gasteiger partial charge is 0.335 e. The van der Waals surface area contributed by atoms with Gasteiger partial charge in [-0.05, 0) is 49.2 Å². The molecule has 4 rings (SSSR count). The number of likely N-dealkylation sites (tertiary alicyclic amines) is 1. The summed E-state index contributed by atoms with van der Waals surface area (Å²) in [5.74, 6) is -0.297. The zero-order chi connectivity index (χ0) is 17.4. The van der Waals surface area contributed by atoms with Crippen LogP contribution in [0.5, 0.6) is 0 Å². The van der Waals surface area contributed by atoms with E-state index in [1.807, 2.05) is 29.2 Å². The Kier molecular flexibility index (Phi) is 3.72. The van der Waals surface area contributed by atoms with Crippen molar-refractivity contribution in [2.75, 3.05) is 6.54 Å². The first-order chi connectivity index (χ1) is 12.1. The van der Waals surface area contributed by atoms with Gasteiger partial charge in [0.15, 0.2) is 0 Å². The molecule has 25 heavy (non-hydrogen) atoms. The molecule has 3 aromatic rings. The maximum atomic E-state index is 12.9. The summed E-state index contributed by atoms with van der Waals surface area (Å²) in [5, 5.41) is 8.98. The summed E-state index contributed by atoms with van der Waals surface area (Å²) in [6, 6.07) is 13.8. The summed E-state index contributed by atoms with van der Waals surface area (Å²) in [6.07, 6.45) is 1.78. The maximum absolute atomic E-state index is 12.9. The number of carboxylic acid groups (broad SMARTS) is 1. The first-order valence-electron chi connectivity index (χ1n) is 8.22. The van der Waals surface area contributed by atoms with Crippen LogP contribution in [0.2, 0.25) is 0 Å². The highest BCUT2D eigenvalue weighted by Gasteiger charge is 2.32. The van der Waals surface area contributed by atoms with E-state index in [9.17, 15) is 9.59 Å². The second kappa shape index (κ2) is 6.05. The highest BCUT2D eigenvalue weighted by molar-refractivity contribution is 5.96. The monoisotopic (exact) mass is 335 g/mol. The van der Waals surface area contributed by atoms with Crippen molar-refractivity contribution in [1.82, 2.24) is 14.9 Å². The molecule has 1 fully saturated rings. The Morgan fingerprint density at radius 1 is 1.08 bits per heavy atom. The van der Waals surface area contributed by atoms with E-state index in [1.54, 1.807) is 12.1 Å². The molecule has 6 nitrogen and oxygen atoms in total. The number of carbonyl (C=O) groups excluding carboxylic acids is 1. The quantitative estimate of drug-likeness (QED) is 0.769. The summed E-state index contributed by atoms with van der Waals surface area (Å²) < 4.78 is 0. The molecule has 2 N–H and O–H groups in total. The highest BCUT2D eigenvalue weighted by atomic mass is 16.4. The molecule has 0 bridgehead atoms. The first kappa shape index (κ1) is 15.4. The highest BCUT2D eigenvalue weighted by Crippen LogP contribution is 2.32. The second-order valence-electron chi connectivity index (χ2n) is 6.18. The van der Waals surface area contributed by atoms with Crippen LogP contribution in [0.15, 0.2) is 48.5 Å². The Balaban J connectivity index is 1.62. The fourth-order valence-corrected chi connectivity index (χ4v) is 3.35. The van der Waals surface area contributed by atoms with Gasteiger partial charge in [0.05, 0.1) is 22.6 Å². The van der Waals surface area contributed by atoms with Gasteiger partial charge in [-0.2, -0.15) is 0 Å². The zero-order valence-electron chi connectivity index (χ0n) is 13.5. The van der Waals surface area contributed by atoms with Gasteiger partial charge in [0.25, 0.3) is 5.91 Å². The van der Waals surface area contributed by atoms with Crippen molar-refractivity contribution in [2.24, 2.45) is 0 Å². The van der Waals surface area contributed by atoms with Gasteiger partial charge in [0.2, 0.25) is 0 Å². The van der Waals surface area contributed by atoms with Crippen LogP contribution in [0.1, 0.15) is 45.4 Å². The Morgan fingerprint density at radius 2 is 1.80 bits per heavy atom. The summed E-state index contributed by atoms with van der Waals surface area (Å²) in [6.45, 7) is 0.668. The molecule has 0 spiro atoms. The molecule has 1 amide bonds. The normalized spacial score (nSPS) is 17.1. The molecule has 1 aliphatic rings. The van der Waals surface area contributed by atoms with Gasteiger partial charge in [-0.1, -0.05) is 12.1 Å². The Bertz CT molecular complexity index is 913. The lowest BCUT2D eigenvalue weighted by Gasteiger charge is -2.23. The summed E-state index contributed by atoms with van der Waals surface area (Å²) in [7, 11) is 0. The van der Waals surface area contributed by atoms with E-state index in [2.05, 4.69) is 9.97 Å². The van der Waals surface area contributed by atoms with Crippen molar-refractivity contribution < 1.29 is 14.7 Å². The van der Waals surface area contributed by atoms with Crippen molar-refractivity contribution in [2.45, 2.75) is 18.9 Å². The maximum Gasteiger partial charge on any atom is 0.335 e. The number of imidazole rings is 1. The van der Waals surface area contributed by atoms with E-state index in [0.29, 0.717) is 12.1 Å². The Labute approximate surface area is 144 Å². The molecule has 2 aromatic carbocycles. The number of aromatic nitrogens is 2. The van der Waals surface area contributed by atoms with Crippen LogP contribution < -0.4 is 0 Å². The Morgan fingerprint density at radius 3 is 2.52 bits per heavy atom. The number of fused-ring (bicyclic) bond motifs is 1. The number of aromatic carboxylic acids is 1. The molecule has 126 valence electrons. The third kappa shape index (κ3) is 2.76. The number of carbonyl (C=O) groups is 2. The van der Waals surface area contributed by atoms with Gasteiger partial charge in [-0.25, -0.2) is 9.78 Å². The number of hydrogen-bond donors (Lipinski definition) is 2. The third-order valence-corrected chi connectivity index (χ3v) is 4.62. The fraction of sp³-hybridized carbons (Fsp3) is 0.211.